The molecular formula is C18H31NO2. The SMILES string of the molecule is CC(C)(C(=O)C1CCOC2(CCCCC2)C1)N1CCCC1. The van der Waals surface area contributed by atoms with Gasteiger partial charge in [0.1, 0.15) is 0 Å². The van der Waals surface area contributed by atoms with Gasteiger partial charge in [-0.2, -0.15) is 0 Å². The van der Waals surface area contributed by atoms with Crippen molar-refractivity contribution >= 4 is 5.78 Å². The van der Waals surface area contributed by atoms with Crippen LogP contribution in [0.4, 0.5) is 0 Å². The minimum absolute atomic E-state index is 0.0396. The monoisotopic (exact) mass is 293 g/mol. The summed E-state index contributed by atoms with van der Waals surface area (Å²) in [5.74, 6) is 0.685. The molecule has 3 fully saturated rings. The summed E-state index contributed by atoms with van der Waals surface area (Å²) in [5.41, 5.74) is -0.244. The van der Waals surface area contributed by atoms with Crippen molar-refractivity contribution in [2.75, 3.05) is 19.7 Å². The van der Waals surface area contributed by atoms with Crippen LogP contribution in [0.5, 0.6) is 0 Å². The fourth-order valence-corrected chi connectivity index (χ4v) is 4.73. The Hall–Kier alpha value is -0.410. The number of ether oxygens (including phenoxy) is 1. The molecule has 1 saturated carbocycles. The second-order valence-electron chi connectivity index (χ2n) is 7.90. The number of nitrogens with zero attached hydrogens (tertiary/aromatic N) is 1. The molecule has 2 heterocycles. The van der Waals surface area contributed by atoms with Crippen LogP contribution in [0.25, 0.3) is 0 Å². The van der Waals surface area contributed by atoms with Crippen molar-refractivity contribution in [3.8, 4) is 0 Å². The van der Waals surface area contributed by atoms with Gasteiger partial charge < -0.3 is 4.74 Å². The Morgan fingerprint density at radius 3 is 2.43 bits per heavy atom. The smallest absolute Gasteiger partial charge is 0.155 e. The molecule has 0 aromatic carbocycles. The third-order valence-electron chi connectivity index (χ3n) is 6.13. The van der Waals surface area contributed by atoms with E-state index in [0.717, 1.165) is 32.5 Å². The summed E-state index contributed by atoms with van der Waals surface area (Å²) >= 11 is 0. The third-order valence-corrected chi connectivity index (χ3v) is 6.13. The van der Waals surface area contributed by atoms with Gasteiger partial charge in [-0.25, -0.2) is 0 Å². The van der Waals surface area contributed by atoms with Crippen LogP contribution in [0.2, 0.25) is 0 Å². The lowest BCUT2D eigenvalue weighted by Gasteiger charge is -2.45. The molecule has 21 heavy (non-hydrogen) atoms. The minimum atomic E-state index is -0.283. The van der Waals surface area contributed by atoms with E-state index in [0.29, 0.717) is 5.78 Å². The molecular weight excluding hydrogens is 262 g/mol. The van der Waals surface area contributed by atoms with Gasteiger partial charge in [-0.1, -0.05) is 19.3 Å². The zero-order valence-electron chi connectivity index (χ0n) is 13.8. The summed E-state index contributed by atoms with van der Waals surface area (Å²) in [6.07, 6.45) is 10.6. The van der Waals surface area contributed by atoms with Crippen molar-refractivity contribution < 1.29 is 9.53 Å². The highest BCUT2D eigenvalue weighted by atomic mass is 16.5. The highest BCUT2D eigenvalue weighted by Gasteiger charge is 2.45. The van der Waals surface area contributed by atoms with Crippen LogP contribution in [0.15, 0.2) is 0 Å². The number of hydrogen-bond donors (Lipinski definition) is 0. The Morgan fingerprint density at radius 1 is 1.10 bits per heavy atom. The van der Waals surface area contributed by atoms with Gasteiger partial charge in [0.25, 0.3) is 0 Å². The number of Topliss-reactive ketones (excluding diaryl/α,β-unsaturated/α-hetero) is 1. The first kappa shape index (κ1) is 15.5. The molecule has 2 saturated heterocycles. The van der Waals surface area contributed by atoms with E-state index in [-0.39, 0.29) is 17.1 Å². The maximum Gasteiger partial charge on any atom is 0.155 e. The van der Waals surface area contributed by atoms with Gasteiger partial charge in [0.05, 0.1) is 11.1 Å². The summed E-state index contributed by atoms with van der Waals surface area (Å²) < 4.78 is 6.16. The van der Waals surface area contributed by atoms with E-state index in [1.807, 2.05) is 0 Å². The third kappa shape index (κ3) is 3.05. The van der Waals surface area contributed by atoms with Crippen molar-refractivity contribution in [2.24, 2.45) is 5.92 Å². The van der Waals surface area contributed by atoms with Gasteiger partial charge in [-0.15, -0.1) is 0 Å². The van der Waals surface area contributed by atoms with Crippen molar-refractivity contribution in [2.45, 2.75) is 82.8 Å². The molecule has 0 radical (unpaired) electrons. The summed E-state index contributed by atoms with van der Waals surface area (Å²) in [7, 11) is 0. The molecule has 3 rings (SSSR count). The van der Waals surface area contributed by atoms with Crippen molar-refractivity contribution in [3.05, 3.63) is 0 Å². The molecule has 1 unspecified atom stereocenters. The standard InChI is InChI=1S/C18H31NO2/c1-17(2,19-11-6-7-12-19)16(20)15-8-13-21-18(14-15)9-4-3-5-10-18/h15H,3-14H2,1-2H3. The maximum atomic E-state index is 13.1. The number of ketones is 1. The fraction of sp³-hybridized carbons (Fsp3) is 0.944. The van der Waals surface area contributed by atoms with Crippen LogP contribution in [-0.2, 0) is 9.53 Å². The number of hydrogen-bond acceptors (Lipinski definition) is 3. The Balaban J connectivity index is 1.68. The van der Waals surface area contributed by atoms with Gasteiger partial charge in [0, 0.05) is 12.5 Å². The Bertz CT molecular complexity index is 373. The Kier molecular flexibility index (Phi) is 4.42. The second-order valence-corrected chi connectivity index (χ2v) is 7.90. The summed E-state index contributed by atoms with van der Waals surface area (Å²) in [5, 5.41) is 0. The molecule has 3 aliphatic rings. The van der Waals surface area contributed by atoms with E-state index in [9.17, 15) is 4.79 Å². The van der Waals surface area contributed by atoms with Crippen LogP contribution < -0.4 is 0 Å². The summed E-state index contributed by atoms with van der Waals surface area (Å²) in [4.78, 5) is 15.5. The summed E-state index contributed by atoms with van der Waals surface area (Å²) in [6.45, 7) is 7.25. The molecule has 1 spiro atoms. The second kappa shape index (κ2) is 6.00. The van der Waals surface area contributed by atoms with Gasteiger partial charge in [0.15, 0.2) is 5.78 Å². The molecule has 0 N–H and O–H groups in total. The average Bonchev–Trinajstić information content (AvgIpc) is 3.02. The lowest BCUT2D eigenvalue weighted by molar-refractivity contribution is -0.150. The number of likely N-dealkylation sites (tertiary alicyclic amines) is 1. The molecule has 1 aliphatic carbocycles. The van der Waals surface area contributed by atoms with Crippen molar-refractivity contribution in [3.63, 3.8) is 0 Å². The normalized spacial score (nSPS) is 30.7. The first-order chi connectivity index (χ1) is 10.0. The lowest BCUT2D eigenvalue weighted by Crippen LogP contribution is -2.54. The topological polar surface area (TPSA) is 29.5 Å². The zero-order valence-corrected chi connectivity index (χ0v) is 13.8. The van der Waals surface area contributed by atoms with Crippen LogP contribution >= 0.6 is 0 Å². The van der Waals surface area contributed by atoms with Crippen molar-refractivity contribution in [1.29, 1.82) is 0 Å². The van der Waals surface area contributed by atoms with Crippen LogP contribution in [0, 0.1) is 5.92 Å². The molecule has 0 aromatic heterocycles. The molecule has 1 atom stereocenters. The average molecular weight is 293 g/mol. The first-order valence-corrected chi connectivity index (χ1v) is 8.97. The molecule has 3 heteroatoms. The molecule has 120 valence electrons. The highest BCUT2D eigenvalue weighted by molar-refractivity contribution is 5.89. The highest BCUT2D eigenvalue weighted by Crippen LogP contribution is 2.42. The molecule has 0 amide bonds. The van der Waals surface area contributed by atoms with E-state index in [4.69, 9.17) is 4.74 Å². The number of carbonyl (C=O) groups is 1. The van der Waals surface area contributed by atoms with E-state index in [1.165, 1.54) is 44.9 Å². The van der Waals surface area contributed by atoms with Crippen molar-refractivity contribution in [1.82, 2.24) is 4.90 Å². The predicted molar refractivity (Wildman–Crippen MR) is 84.4 cm³/mol. The van der Waals surface area contributed by atoms with Crippen LogP contribution in [-0.4, -0.2) is 41.5 Å². The molecule has 2 aliphatic heterocycles. The van der Waals surface area contributed by atoms with E-state index in [2.05, 4.69) is 18.7 Å². The lowest BCUT2D eigenvalue weighted by atomic mass is 9.72. The quantitative estimate of drug-likeness (QED) is 0.797. The predicted octanol–water partition coefficient (Wildman–Crippen LogP) is 3.56. The minimum Gasteiger partial charge on any atom is -0.375 e. The van der Waals surface area contributed by atoms with Gasteiger partial charge in [-0.05, 0) is 65.5 Å². The Labute approximate surface area is 129 Å². The van der Waals surface area contributed by atoms with Gasteiger partial charge in [-0.3, -0.25) is 9.69 Å². The van der Waals surface area contributed by atoms with Crippen LogP contribution in [0.3, 0.4) is 0 Å². The molecule has 3 nitrogen and oxygen atoms in total. The van der Waals surface area contributed by atoms with Gasteiger partial charge >= 0.3 is 0 Å². The van der Waals surface area contributed by atoms with E-state index in [1.54, 1.807) is 0 Å². The fourth-order valence-electron chi connectivity index (χ4n) is 4.73. The van der Waals surface area contributed by atoms with E-state index >= 15 is 0 Å². The zero-order chi connectivity index (χ0) is 14.9. The summed E-state index contributed by atoms with van der Waals surface area (Å²) in [6, 6.07) is 0. The maximum absolute atomic E-state index is 13.1. The van der Waals surface area contributed by atoms with Gasteiger partial charge in [0.2, 0.25) is 0 Å². The largest absolute Gasteiger partial charge is 0.375 e. The molecule has 0 aromatic rings. The van der Waals surface area contributed by atoms with E-state index < -0.39 is 0 Å². The first-order valence-electron chi connectivity index (χ1n) is 8.97. The molecule has 0 bridgehead atoms. The number of carbonyl (C=O) groups excluding carboxylic acids is 1. The van der Waals surface area contributed by atoms with Crippen LogP contribution in [0.1, 0.15) is 71.6 Å². The Morgan fingerprint density at radius 2 is 1.76 bits per heavy atom. The number of rotatable bonds is 3.